The normalized spacial score (nSPS) is 28.9. The smallest absolute Gasteiger partial charge is 0.848 e. The van der Waals surface area contributed by atoms with Crippen molar-refractivity contribution in [1.29, 1.82) is 0 Å². The average Bonchev–Trinajstić information content (AvgIpc) is 1.65. The predicted molar refractivity (Wildman–Crippen MR) is 324 cm³/mol. The number of hydrogen-bond acceptors (Lipinski definition) is 41. The van der Waals surface area contributed by atoms with Gasteiger partial charge in [0.15, 0.2) is 58.7 Å². The van der Waals surface area contributed by atoms with Crippen LogP contribution in [0.1, 0.15) is 24.9 Å². The fourth-order valence-corrected chi connectivity index (χ4v) is 17.1. The predicted octanol–water partition coefficient (Wildman–Crippen LogP) is -12.1. The first kappa shape index (κ1) is 89.5. The first-order valence-electron chi connectivity index (χ1n) is 27.9. The zero-order chi connectivity index (χ0) is 78.9. The SMILES string of the molecule is Nc1ncnc2c1ncn2[C@@H]1O[C@H](COP(=O)(O)OP(=O)(O)O)[C@@H]([O-])[C@@H]1O.O=c1[nH]cnc2c1ncn2[C@@H]1O[C@@H](COP(=O)(O)OP(=O)(O)OP(=O)(O)O)[C@@H](O)[C@H]1O.O=c1[nH]cnc2c1ncn2[C@@H]1O[C@H](CO)[C@H](O)[C@H]1O.O=c1ccn([C@@H]2O[C@@H](COP(=O)(O)OP(=O)(O)OP(=O)(O)O)[C@@H](O)[C@H]2O)c(=O)[nH]1.[Na+]. The van der Waals surface area contributed by atoms with Crippen molar-refractivity contribution in [2.24, 2.45) is 0 Å². The van der Waals surface area contributed by atoms with E-state index in [1.54, 1.807) is 0 Å². The van der Waals surface area contributed by atoms with Crippen LogP contribution >= 0.6 is 62.6 Å². The molecule has 4 fully saturated rings. The largest absolute Gasteiger partial charge is 1.00 e. The van der Waals surface area contributed by atoms with Crippen molar-refractivity contribution in [2.75, 3.05) is 32.2 Å². The van der Waals surface area contributed by atoms with Crippen molar-refractivity contribution in [3.8, 4) is 0 Å². The maximum Gasteiger partial charge on any atom is 1.00 e. The van der Waals surface area contributed by atoms with Gasteiger partial charge >= 0.3 is 97.8 Å². The Morgan fingerprint density at radius 1 is 0.449 bits per heavy atom. The van der Waals surface area contributed by atoms with Crippen molar-refractivity contribution in [2.45, 2.75) is 98.2 Å². The second-order valence-corrected chi connectivity index (χ2v) is 32.8. The van der Waals surface area contributed by atoms with Crippen LogP contribution in [0.3, 0.4) is 0 Å². The first-order chi connectivity index (χ1) is 48.9. The molecule has 0 bridgehead atoms. The van der Waals surface area contributed by atoms with Gasteiger partial charge in [-0.05, 0) is 0 Å². The second-order valence-electron chi connectivity index (χ2n) is 21.2. The number of nitrogens with zero attached hydrogens (tertiary/aromatic N) is 11. The van der Waals surface area contributed by atoms with Gasteiger partial charge in [0.2, 0.25) is 0 Å². The van der Waals surface area contributed by atoms with Crippen LogP contribution in [-0.4, -0.2) is 262 Å². The third kappa shape index (κ3) is 23.2. The molecule has 0 aliphatic carbocycles. The number of ether oxygens (including phenoxy) is 4. The molecule has 0 saturated carbocycles. The molecule has 5 unspecified atom stereocenters. The number of phosphoric acid groups is 8. The van der Waals surface area contributed by atoms with Gasteiger partial charge < -0.3 is 134 Å². The molecular formula is C39H56N15NaO44P8. The van der Waals surface area contributed by atoms with Gasteiger partial charge in [-0.15, -0.1) is 0 Å². The van der Waals surface area contributed by atoms with Gasteiger partial charge in [0, 0.05) is 12.3 Å². The van der Waals surface area contributed by atoms with Gasteiger partial charge in [0.05, 0.1) is 70.3 Å². The molecule has 21 atom stereocenters. The number of aromatic nitrogens is 14. The summed E-state index contributed by atoms with van der Waals surface area (Å²) in [5, 5.41) is 91.2. The van der Waals surface area contributed by atoms with Crippen LogP contribution in [0.25, 0.3) is 33.5 Å². The molecule has 11 heterocycles. The summed E-state index contributed by atoms with van der Waals surface area (Å²) in [4.78, 5) is 177. The molecule has 24 N–H and O–H groups in total. The van der Waals surface area contributed by atoms with E-state index in [1.165, 1.54) is 28.1 Å². The number of imidazole rings is 3. The quantitative estimate of drug-likeness (QED) is 0.0197. The fraction of sp³-hybridized carbons (Fsp3) is 0.513. The molecule has 0 aromatic carbocycles. The number of phosphoric ester groups is 3. The van der Waals surface area contributed by atoms with Crippen LogP contribution in [-0.2, 0) is 90.6 Å². The topological polar surface area (TPSA) is 906 Å². The number of H-pyrrole nitrogens is 3. The second kappa shape index (κ2) is 35.1. The third-order valence-electron chi connectivity index (χ3n) is 13.8. The Morgan fingerprint density at radius 2 is 0.794 bits per heavy atom. The van der Waals surface area contributed by atoms with Crippen molar-refractivity contribution >= 4 is 102 Å². The van der Waals surface area contributed by atoms with E-state index in [4.69, 9.17) is 68.9 Å². The molecule has 0 amide bonds. The van der Waals surface area contributed by atoms with E-state index in [0.717, 1.165) is 35.8 Å². The van der Waals surface area contributed by atoms with E-state index < -0.39 is 210 Å². The Hall–Kier alpha value is -4.71. The summed E-state index contributed by atoms with van der Waals surface area (Å²) in [5.41, 5.74) is 3.56. The molecular weight excluding hydrogens is 1650 g/mol. The van der Waals surface area contributed by atoms with Crippen LogP contribution in [0.2, 0.25) is 0 Å². The van der Waals surface area contributed by atoms with E-state index in [1.807, 2.05) is 4.98 Å². The molecule has 4 saturated heterocycles. The van der Waals surface area contributed by atoms with Crippen LogP contribution in [0, 0.1) is 0 Å². The molecule has 11 rings (SSSR count). The summed E-state index contributed by atoms with van der Waals surface area (Å²) in [7, 11) is -44.0. The zero-order valence-electron chi connectivity index (χ0n) is 52.5. The summed E-state index contributed by atoms with van der Waals surface area (Å²) in [6, 6.07) is 0.920. The van der Waals surface area contributed by atoms with Crippen LogP contribution in [0.4, 0.5) is 5.82 Å². The van der Waals surface area contributed by atoms with E-state index in [9.17, 15) is 111 Å². The van der Waals surface area contributed by atoms with Gasteiger partial charge in [-0.1, -0.05) is 6.10 Å². The number of anilines is 1. The minimum atomic E-state index is -5.73. The van der Waals surface area contributed by atoms with Gasteiger partial charge in [-0.2, -0.15) is 21.6 Å². The molecule has 107 heavy (non-hydrogen) atoms. The zero-order valence-corrected chi connectivity index (χ0v) is 61.6. The number of hydrogen-bond donors (Lipinski definition) is 23. The summed E-state index contributed by atoms with van der Waals surface area (Å²) in [6.45, 7) is -3.33. The Morgan fingerprint density at radius 3 is 1.20 bits per heavy atom. The van der Waals surface area contributed by atoms with E-state index in [0.29, 0.717) is 4.57 Å². The number of aliphatic hydroxyl groups is 8. The van der Waals surface area contributed by atoms with E-state index in [2.05, 4.69) is 80.0 Å². The maximum absolute atomic E-state index is 12.2. The number of aromatic amines is 3. The Kier molecular flexibility index (Phi) is 29.4. The van der Waals surface area contributed by atoms with E-state index >= 15 is 0 Å². The molecule has 4 aliphatic heterocycles. The van der Waals surface area contributed by atoms with Crippen LogP contribution in [0.15, 0.2) is 69.4 Å². The number of nitrogens with one attached hydrogen (secondary N) is 3. The summed E-state index contributed by atoms with van der Waals surface area (Å²) >= 11 is 0. The summed E-state index contributed by atoms with van der Waals surface area (Å²) in [5.74, 6) is 0.0700. The molecule has 59 nitrogen and oxygen atoms in total. The molecule has 68 heteroatoms. The Labute approximate surface area is 609 Å². The van der Waals surface area contributed by atoms with Gasteiger partial charge in [-0.25, -0.2) is 76.2 Å². The molecule has 4 aliphatic rings. The maximum atomic E-state index is 12.2. The minimum Gasteiger partial charge on any atom is -0.848 e. The Balaban J connectivity index is 0.000000201. The number of rotatable bonds is 24. The number of fused-ring (bicyclic) bond motifs is 3. The minimum absolute atomic E-state index is 0. The monoisotopic (exact) mass is 1710 g/mol. The number of aliphatic hydroxyl groups excluding tert-OH is 8. The fourth-order valence-electron chi connectivity index (χ4n) is 9.44. The molecule has 0 spiro atoms. The molecule has 7 aromatic rings. The van der Waals surface area contributed by atoms with E-state index in [-0.39, 0.29) is 68.9 Å². The van der Waals surface area contributed by atoms with Crippen molar-refractivity contribution in [3.63, 3.8) is 0 Å². The van der Waals surface area contributed by atoms with Gasteiger partial charge in [0.25, 0.3) is 16.7 Å². The van der Waals surface area contributed by atoms with Gasteiger partial charge in [0.1, 0.15) is 66.8 Å². The van der Waals surface area contributed by atoms with Crippen molar-refractivity contribution in [1.82, 2.24) is 68.1 Å². The van der Waals surface area contributed by atoms with Crippen molar-refractivity contribution in [3.05, 3.63) is 91.8 Å². The van der Waals surface area contributed by atoms with Crippen molar-refractivity contribution < 1.29 is 220 Å². The van der Waals surface area contributed by atoms with Crippen LogP contribution in [0.5, 0.6) is 0 Å². The molecule has 7 aromatic heterocycles. The standard InChI is InChI=1S/C10H14N5O10P2.C10H15N4O14P3.C10H12N4O5.C9H15N2O15P3.Na/c11-8-5-9(13-2-12-8)15(3-14-5)10-7(17)6(16)4(24-10)1-23-27(21,22)25-26(18,19)20;15-6-4(1-25-30(21,22)28-31(23,24)27-29(18,19)20)26-10(7(6)16)14-3-13-5-8(14)11-2-12-9(5)17;15-1-4-6(16)7(17)10(19-4)14-3-13-5-8(14)11-2-12-9(5)18;12-5-1-2-11(9(15)10-5)8-7(14)6(13)4(24-8)3-23-28(19,20)26-29(21,22)25-27(16,17)18;/h2-4,6-7,10,17H,1H2,(H,21,22)(H2,11,12,13)(H2,18,19,20);2-4,6-7,10,15-16H,1H2,(H,21,22)(H,23,24)(H,11,12,17)(H2,18,19,20);2-4,6-7,10,15-17H,1H2,(H,11,12,18);1-2,4,6-8,13-14H,3H2,(H,19,20)(H,21,22)(H,10,12,15)(H2,16,17,18);/q-1;;;;+1/t4-,6-,7+,10-;4-,6+,7+,10+;4-,6+,7-,10-;4-,6+,7+,8+;/m1010./s1. The Bertz CT molecular complexity index is 4950. The third-order valence-corrected chi connectivity index (χ3v) is 23.6. The molecule has 0 radical (unpaired) electrons. The first-order valence-corrected chi connectivity index (χ1v) is 40.0. The summed E-state index contributed by atoms with van der Waals surface area (Å²) in [6.07, 6.45) is -15.3. The average molecular weight is 1710 g/mol. The number of nitrogens with two attached hydrogens (primary N) is 1. The van der Waals surface area contributed by atoms with Gasteiger partial charge in [-0.3, -0.25) is 51.2 Å². The summed E-state index contributed by atoms with van der Waals surface area (Å²) < 4.78 is 146. The number of nitrogen functional groups attached to an aromatic ring is 1. The molecule has 592 valence electrons. The van der Waals surface area contributed by atoms with Crippen LogP contribution < -0.4 is 62.8 Å².